The number of nitrogens with zero attached hydrogens (tertiary/aromatic N) is 2. The first-order valence-corrected chi connectivity index (χ1v) is 8.46. The van der Waals surface area contributed by atoms with Crippen LogP contribution >= 0.6 is 0 Å². The summed E-state index contributed by atoms with van der Waals surface area (Å²) in [6, 6.07) is 9.75. The van der Waals surface area contributed by atoms with Gasteiger partial charge < -0.3 is 10.4 Å². The third kappa shape index (κ3) is 3.94. The fraction of sp³-hybridized carbons (Fsp3) is 0.444. The van der Waals surface area contributed by atoms with Crippen molar-refractivity contribution in [3.8, 4) is 5.69 Å². The monoisotopic (exact) mass is 328 g/mol. The van der Waals surface area contributed by atoms with E-state index in [-0.39, 0.29) is 18.7 Å². The van der Waals surface area contributed by atoms with Gasteiger partial charge in [0, 0.05) is 24.4 Å². The molecule has 1 saturated carbocycles. The number of aromatic nitrogens is 2. The van der Waals surface area contributed by atoms with Gasteiger partial charge in [0.05, 0.1) is 5.69 Å². The number of rotatable bonds is 4. The number of benzene rings is 1. The van der Waals surface area contributed by atoms with Crippen molar-refractivity contribution in [3.05, 3.63) is 42.1 Å². The Morgan fingerprint density at radius 1 is 1.25 bits per heavy atom. The first kappa shape index (κ1) is 16.5. The molecule has 1 heterocycles. The number of anilines is 1. The zero-order chi connectivity index (χ0) is 16.9. The normalized spacial score (nSPS) is 20.6. The SMILES string of the molecule is Cc1cn(-c2ccccc2)nc1NC(=O)NC1CCC(CO)CC1. The highest BCUT2D eigenvalue weighted by molar-refractivity contribution is 5.89. The second-order valence-electron chi connectivity index (χ2n) is 6.44. The number of aryl methyl sites for hydroxylation is 1. The lowest BCUT2D eigenvalue weighted by atomic mass is 9.87. The van der Waals surface area contributed by atoms with Crippen LogP contribution in [0, 0.1) is 12.8 Å². The summed E-state index contributed by atoms with van der Waals surface area (Å²) in [4.78, 5) is 12.2. The average molecular weight is 328 g/mol. The van der Waals surface area contributed by atoms with E-state index in [0.717, 1.165) is 36.9 Å². The molecule has 1 aliphatic rings. The minimum atomic E-state index is -0.219. The molecular weight excluding hydrogens is 304 g/mol. The van der Waals surface area contributed by atoms with E-state index in [1.54, 1.807) is 4.68 Å². The molecule has 0 spiro atoms. The molecule has 1 aliphatic carbocycles. The fourth-order valence-electron chi connectivity index (χ4n) is 3.11. The number of hydrogen-bond acceptors (Lipinski definition) is 3. The maximum atomic E-state index is 12.2. The Labute approximate surface area is 141 Å². The van der Waals surface area contributed by atoms with Crippen LogP contribution < -0.4 is 10.6 Å². The second-order valence-corrected chi connectivity index (χ2v) is 6.44. The Bertz CT molecular complexity index is 676. The molecule has 24 heavy (non-hydrogen) atoms. The molecule has 0 aliphatic heterocycles. The summed E-state index contributed by atoms with van der Waals surface area (Å²) in [7, 11) is 0. The molecule has 2 aromatic rings. The van der Waals surface area contributed by atoms with Crippen LogP contribution in [0.3, 0.4) is 0 Å². The first-order valence-electron chi connectivity index (χ1n) is 8.46. The Hall–Kier alpha value is -2.34. The maximum Gasteiger partial charge on any atom is 0.320 e. The lowest BCUT2D eigenvalue weighted by molar-refractivity contribution is 0.176. The summed E-state index contributed by atoms with van der Waals surface area (Å²) in [5.74, 6) is 0.954. The Morgan fingerprint density at radius 2 is 1.96 bits per heavy atom. The fourth-order valence-corrected chi connectivity index (χ4v) is 3.11. The molecule has 1 aromatic carbocycles. The van der Waals surface area contributed by atoms with E-state index in [1.165, 1.54) is 0 Å². The predicted octanol–water partition coefficient (Wildman–Crippen LogP) is 2.85. The lowest BCUT2D eigenvalue weighted by Crippen LogP contribution is -2.40. The summed E-state index contributed by atoms with van der Waals surface area (Å²) in [6.07, 6.45) is 5.65. The average Bonchev–Trinajstić information content (AvgIpc) is 2.97. The van der Waals surface area contributed by atoms with Gasteiger partial charge in [0.15, 0.2) is 5.82 Å². The molecule has 6 nitrogen and oxygen atoms in total. The Balaban J connectivity index is 1.58. The zero-order valence-corrected chi connectivity index (χ0v) is 13.9. The van der Waals surface area contributed by atoms with E-state index in [1.807, 2.05) is 43.5 Å². The molecule has 0 saturated heterocycles. The minimum absolute atomic E-state index is 0.171. The van der Waals surface area contributed by atoms with Crippen molar-refractivity contribution in [1.82, 2.24) is 15.1 Å². The van der Waals surface area contributed by atoms with Gasteiger partial charge >= 0.3 is 6.03 Å². The number of aliphatic hydroxyl groups excluding tert-OH is 1. The van der Waals surface area contributed by atoms with Gasteiger partial charge in [-0.15, -0.1) is 5.10 Å². The smallest absolute Gasteiger partial charge is 0.320 e. The van der Waals surface area contributed by atoms with E-state index >= 15 is 0 Å². The van der Waals surface area contributed by atoms with Gasteiger partial charge in [-0.25, -0.2) is 9.48 Å². The molecule has 0 bridgehead atoms. The highest BCUT2D eigenvalue weighted by Crippen LogP contribution is 2.24. The summed E-state index contributed by atoms with van der Waals surface area (Å²) in [5, 5.41) is 19.5. The van der Waals surface area contributed by atoms with Crippen molar-refractivity contribution >= 4 is 11.8 Å². The molecule has 0 radical (unpaired) electrons. The highest BCUT2D eigenvalue weighted by atomic mass is 16.3. The Kier molecular flexibility index (Phi) is 5.15. The summed E-state index contributed by atoms with van der Waals surface area (Å²) < 4.78 is 1.76. The molecule has 0 atom stereocenters. The van der Waals surface area contributed by atoms with Gasteiger partial charge in [0.25, 0.3) is 0 Å². The number of nitrogens with one attached hydrogen (secondary N) is 2. The van der Waals surface area contributed by atoms with Crippen LogP contribution in [0.5, 0.6) is 0 Å². The van der Waals surface area contributed by atoms with Gasteiger partial charge in [-0.05, 0) is 50.7 Å². The van der Waals surface area contributed by atoms with Crippen molar-refractivity contribution in [1.29, 1.82) is 0 Å². The predicted molar refractivity (Wildman–Crippen MR) is 93.3 cm³/mol. The van der Waals surface area contributed by atoms with Crippen LogP contribution in [0.25, 0.3) is 5.69 Å². The van der Waals surface area contributed by atoms with E-state index < -0.39 is 0 Å². The van der Waals surface area contributed by atoms with Crippen LogP contribution in [-0.4, -0.2) is 33.6 Å². The van der Waals surface area contributed by atoms with Gasteiger partial charge in [0.1, 0.15) is 0 Å². The van der Waals surface area contributed by atoms with Crippen molar-refractivity contribution in [2.45, 2.75) is 38.6 Å². The van der Waals surface area contributed by atoms with Gasteiger partial charge in [0.2, 0.25) is 0 Å². The topological polar surface area (TPSA) is 79.2 Å². The number of para-hydroxylation sites is 1. The van der Waals surface area contributed by atoms with Crippen LogP contribution in [0.2, 0.25) is 0 Å². The number of carbonyl (C=O) groups excluding carboxylic acids is 1. The third-order valence-corrected chi connectivity index (χ3v) is 4.59. The van der Waals surface area contributed by atoms with E-state index in [0.29, 0.717) is 11.7 Å². The molecular formula is C18H24N4O2. The second kappa shape index (κ2) is 7.49. The van der Waals surface area contributed by atoms with Crippen molar-refractivity contribution in [2.24, 2.45) is 5.92 Å². The van der Waals surface area contributed by atoms with Gasteiger partial charge in [-0.2, -0.15) is 0 Å². The zero-order valence-electron chi connectivity index (χ0n) is 13.9. The number of amides is 2. The van der Waals surface area contributed by atoms with Crippen molar-refractivity contribution < 1.29 is 9.90 Å². The lowest BCUT2D eigenvalue weighted by Gasteiger charge is -2.27. The van der Waals surface area contributed by atoms with Gasteiger partial charge in [-0.1, -0.05) is 18.2 Å². The molecule has 1 fully saturated rings. The molecule has 128 valence electrons. The van der Waals surface area contributed by atoms with Crippen molar-refractivity contribution in [2.75, 3.05) is 11.9 Å². The molecule has 1 aromatic heterocycles. The molecule has 3 rings (SSSR count). The van der Waals surface area contributed by atoms with Crippen LogP contribution in [0.4, 0.5) is 10.6 Å². The molecule has 0 unspecified atom stereocenters. The number of hydrogen-bond donors (Lipinski definition) is 3. The van der Waals surface area contributed by atoms with E-state index in [2.05, 4.69) is 15.7 Å². The summed E-state index contributed by atoms with van der Waals surface area (Å²) in [6.45, 7) is 2.17. The molecule has 2 amide bonds. The van der Waals surface area contributed by atoms with Crippen LogP contribution in [0.15, 0.2) is 36.5 Å². The molecule has 6 heteroatoms. The largest absolute Gasteiger partial charge is 0.396 e. The van der Waals surface area contributed by atoms with Gasteiger partial charge in [-0.3, -0.25) is 5.32 Å². The van der Waals surface area contributed by atoms with Crippen LogP contribution in [-0.2, 0) is 0 Å². The number of urea groups is 1. The summed E-state index contributed by atoms with van der Waals surface area (Å²) >= 11 is 0. The quantitative estimate of drug-likeness (QED) is 0.807. The molecule has 3 N–H and O–H groups in total. The minimum Gasteiger partial charge on any atom is -0.396 e. The number of carbonyl (C=O) groups is 1. The van der Waals surface area contributed by atoms with Crippen LogP contribution in [0.1, 0.15) is 31.2 Å². The van der Waals surface area contributed by atoms with E-state index in [4.69, 9.17) is 0 Å². The maximum absolute atomic E-state index is 12.2. The first-order chi connectivity index (χ1) is 11.7. The summed E-state index contributed by atoms with van der Waals surface area (Å²) in [5.41, 5.74) is 1.87. The third-order valence-electron chi connectivity index (χ3n) is 4.59. The standard InChI is InChI=1S/C18H24N4O2/c1-13-11-22(16-5-3-2-4-6-16)21-17(13)20-18(24)19-15-9-7-14(12-23)8-10-15/h2-6,11,14-15,23H,7-10,12H2,1H3,(H2,19,20,21,24). The highest BCUT2D eigenvalue weighted by Gasteiger charge is 2.22. The van der Waals surface area contributed by atoms with Crippen molar-refractivity contribution in [3.63, 3.8) is 0 Å². The van der Waals surface area contributed by atoms with E-state index in [9.17, 15) is 9.90 Å². The Morgan fingerprint density at radius 3 is 2.62 bits per heavy atom. The number of aliphatic hydroxyl groups is 1.